The number of benzene rings is 1. The number of hydrogen-bond acceptors (Lipinski definition) is 4. The molecule has 0 aliphatic rings. The Morgan fingerprint density at radius 1 is 1.14 bits per heavy atom. The second kappa shape index (κ2) is 9.26. The second-order valence-electron chi connectivity index (χ2n) is 7.51. The molecular weight excluding hydrogens is 350 g/mol. The van der Waals surface area contributed by atoms with Gasteiger partial charge in [-0.25, -0.2) is 0 Å². The number of rotatable bonds is 10. The molecule has 2 rings (SSSR count). The van der Waals surface area contributed by atoms with Crippen molar-refractivity contribution in [3.8, 4) is 5.75 Å². The number of nitrogens with zero attached hydrogens (tertiary/aromatic N) is 1. The summed E-state index contributed by atoms with van der Waals surface area (Å²) in [5.74, 6) is 2.14. The summed E-state index contributed by atoms with van der Waals surface area (Å²) in [5.41, 5.74) is 0.974. The van der Waals surface area contributed by atoms with Gasteiger partial charge in [0.25, 0.3) is 0 Å². The van der Waals surface area contributed by atoms with Crippen molar-refractivity contribution in [2.45, 2.75) is 58.8 Å². The molecule has 0 saturated carbocycles. The fourth-order valence-electron chi connectivity index (χ4n) is 3.32. The van der Waals surface area contributed by atoms with Crippen molar-refractivity contribution in [1.29, 1.82) is 0 Å². The summed E-state index contributed by atoms with van der Waals surface area (Å²) in [6, 6.07) is 12.2. The minimum atomic E-state index is -1.35. The van der Waals surface area contributed by atoms with Gasteiger partial charge in [-0.2, -0.15) is 0 Å². The lowest BCUT2D eigenvalue weighted by Gasteiger charge is -2.29. The third kappa shape index (κ3) is 4.57. The number of hydrogen-bond donors (Lipinski definition) is 1. The molecule has 0 radical (unpaired) electrons. The Hall–Kier alpha value is -2.30. The lowest BCUT2D eigenvalue weighted by molar-refractivity contribution is 0.0863. The Kier molecular flexibility index (Phi) is 7.28. The highest BCUT2D eigenvalue weighted by molar-refractivity contribution is 5.35. The number of furan rings is 1. The summed E-state index contributed by atoms with van der Waals surface area (Å²) >= 11 is 0. The van der Waals surface area contributed by atoms with Crippen molar-refractivity contribution in [2.24, 2.45) is 0 Å². The first-order chi connectivity index (χ1) is 13.2. The van der Waals surface area contributed by atoms with Crippen LogP contribution in [0, 0.1) is 0 Å². The van der Waals surface area contributed by atoms with Crippen LogP contribution < -0.4 is 4.74 Å². The van der Waals surface area contributed by atoms with E-state index in [1.807, 2.05) is 30.3 Å². The van der Waals surface area contributed by atoms with Crippen LogP contribution in [-0.2, 0) is 18.7 Å². The van der Waals surface area contributed by atoms with Crippen molar-refractivity contribution in [3.63, 3.8) is 0 Å². The minimum Gasteiger partial charge on any atom is -0.496 e. The van der Waals surface area contributed by atoms with Gasteiger partial charge in [-0.05, 0) is 56.5 Å². The molecule has 0 fully saturated rings. The van der Waals surface area contributed by atoms with Gasteiger partial charge in [-0.3, -0.25) is 4.90 Å². The van der Waals surface area contributed by atoms with Crippen LogP contribution >= 0.6 is 0 Å². The zero-order chi connectivity index (χ0) is 20.9. The molecule has 1 aromatic heterocycles. The SMILES string of the molecule is C=C(C)C(O)(C(=C)C)c1ccc(CN(Cc2ccccc2OC)C(C)CC)o1. The summed E-state index contributed by atoms with van der Waals surface area (Å²) in [6.45, 7) is 17.2. The zero-order valence-corrected chi connectivity index (χ0v) is 17.8. The van der Waals surface area contributed by atoms with Crippen molar-refractivity contribution in [1.82, 2.24) is 4.90 Å². The zero-order valence-electron chi connectivity index (χ0n) is 17.8. The molecule has 1 unspecified atom stereocenters. The van der Waals surface area contributed by atoms with Crippen molar-refractivity contribution < 1.29 is 14.3 Å². The maximum absolute atomic E-state index is 11.0. The molecule has 0 spiro atoms. The van der Waals surface area contributed by atoms with Crippen LogP contribution in [0.25, 0.3) is 0 Å². The molecule has 1 aromatic carbocycles. The van der Waals surface area contributed by atoms with Crippen LogP contribution in [0.2, 0.25) is 0 Å². The molecule has 0 aliphatic carbocycles. The highest BCUT2D eigenvalue weighted by Gasteiger charge is 2.35. The Labute approximate surface area is 169 Å². The van der Waals surface area contributed by atoms with Gasteiger partial charge in [0.05, 0.1) is 13.7 Å². The maximum atomic E-state index is 11.0. The fraction of sp³-hybridized carbons (Fsp3) is 0.417. The van der Waals surface area contributed by atoms with Gasteiger partial charge in [0.1, 0.15) is 17.3 Å². The van der Waals surface area contributed by atoms with Crippen LogP contribution in [0.4, 0.5) is 0 Å². The smallest absolute Gasteiger partial charge is 0.163 e. The summed E-state index contributed by atoms with van der Waals surface area (Å²) in [4.78, 5) is 2.35. The first-order valence-corrected chi connectivity index (χ1v) is 9.73. The molecular formula is C24H33NO3. The lowest BCUT2D eigenvalue weighted by Crippen LogP contribution is -2.31. The average molecular weight is 384 g/mol. The molecule has 2 aromatic rings. The molecule has 1 N–H and O–H groups in total. The summed E-state index contributed by atoms with van der Waals surface area (Å²) in [7, 11) is 1.70. The van der Waals surface area contributed by atoms with E-state index in [-0.39, 0.29) is 0 Å². The number of para-hydroxylation sites is 1. The van der Waals surface area contributed by atoms with E-state index in [0.717, 1.165) is 30.0 Å². The molecule has 4 heteroatoms. The minimum absolute atomic E-state index is 0.361. The molecule has 4 nitrogen and oxygen atoms in total. The third-order valence-corrected chi connectivity index (χ3v) is 5.39. The van der Waals surface area contributed by atoms with E-state index in [1.54, 1.807) is 21.0 Å². The summed E-state index contributed by atoms with van der Waals surface area (Å²) < 4.78 is 11.6. The van der Waals surface area contributed by atoms with E-state index in [9.17, 15) is 5.11 Å². The van der Waals surface area contributed by atoms with Gasteiger partial charge < -0.3 is 14.3 Å². The quantitative estimate of drug-likeness (QED) is 0.556. The largest absolute Gasteiger partial charge is 0.496 e. The predicted molar refractivity (Wildman–Crippen MR) is 114 cm³/mol. The van der Waals surface area contributed by atoms with Gasteiger partial charge in [0, 0.05) is 18.2 Å². The van der Waals surface area contributed by atoms with Crippen molar-refractivity contribution in [2.75, 3.05) is 7.11 Å². The van der Waals surface area contributed by atoms with E-state index in [2.05, 4.69) is 38.0 Å². The normalized spacial score (nSPS) is 12.8. The van der Waals surface area contributed by atoms with Crippen LogP contribution in [-0.4, -0.2) is 23.2 Å². The van der Waals surface area contributed by atoms with Gasteiger partial charge in [0.2, 0.25) is 0 Å². The van der Waals surface area contributed by atoms with Crippen LogP contribution in [0.1, 0.15) is 51.2 Å². The average Bonchev–Trinajstić information content (AvgIpc) is 3.15. The van der Waals surface area contributed by atoms with E-state index < -0.39 is 5.60 Å². The lowest BCUT2D eigenvalue weighted by atomic mass is 9.87. The van der Waals surface area contributed by atoms with E-state index >= 15 is 0 Å². The van der Waals surface area contributed by atoms with Gasteiger partial charge in [-0.1, -0.05) is 38.3 Å². The van der Waals surface area contributed by atoms with Crippen molar-refractivity contribution in [3.05, 3.63) is 77.8 Å². The van der Waals surface area contributed by atoms with Gasteiger partial charge in [-0.15, -0.1) is 0 Å². The Bertz CT molecular complexity index is 807. The first kappa shape index (κ1) is 22.0. The summed E-state index contributed by atoms with van der Waals surface area (Å²) in [5, 5.41) is 11.0. The van der Waals surface area contributed by atoms with Crippen LogP contribution in [0.3, 0.4) is 0 Å². The molecule has 0 saturated heterocycles. The standard InChI is InChI=1S/C24H33NO3/c1-8-19(6)25(15-20-11-9-10-12-22(20)27-7)16-21-13-14-23(28-21)24(26,17(2)3)18(4)5/h9-14,19,26H,2,4,8,15-16H2,1,3,5-7H3. The molecule has 1 atom stereocenters. The Morgan fingerprint density at radius 2 is 1.79 bits per heavy atom. The highest BCUT2D eigenvalue weighted by Crippen LogP contribution is 2.36. The highest BCUT2D eigenvalue weighted by atomic mass is 16.5. The third-order valence-electron chi connectivity index (χ3n) is 5.39. The number of methoxy groups -OCH3 is 1. The van der Waals surface area contributed by atoms with Crippen LogP contribution in [0.5, 0.6) is 5.75 Å². The first-order valence-electron chi connectivity index (χ1n) is 9.73. The predicted octanol–water partition coefficient (Wildman–Crippen LogP) is 5.43. The molecule has 28 heavy (non-hydrogen) atoms. The van der Waals surface area contributed by atoms with E-state index in [0.29, 0.717) is 29.5 Å². The fourth-order valence-corrected chi connectivity index (χ4v) is 3.32. The van der Waals surface area contributed by atoms with E-state index in [4.69, 9.17) is 9.15 Å². The Balaban J connectivity index is 2.28. The Morgan fingerprint density at radius 3 is 2.36 bits per heavy atom. The molecule has 0 amide bonds. The number of aliphatic hydroxyl groups is 1. The van der Waals surface area contributed by atoms with Gasteiger partial charge in [0.15, 0.2) is 5.60 Å². The second-order valence-corrected chi connectivity index (χ2v) is 7.51. The molecule has 152 valence electrons. The summed E-state index contributed by atoms with van der Waals surface area (Å²) in [6.07, 6.45) is 1.02. The molecule has 0 aliphatic heterocycles. The monoisotopic (exact) mass is 383 g/mol. The topological polar surface area (TPSA) is 45.8 Å². The maximum Gasteiger partial charge on any atom is 0.163 e. The molecule has 0 bridgehead atoms. The molecule has 1 heterocycles. The number of ether oxygens (including phenoxy) is 1. The van der Waals surface area contributed by atoms with Gasteiger partial charge >= 0.3 is 0 Å². The van der Waals surface area contributed by atoms with Crippen LogP contribution in [0.15, 0.2) is 65.1 Å². The van der Waals surface area contributed by atoms with Crippen molar-refractivity contribution >= 4 is 0 Å². The van der Waals surface area contributed by atoms with E-state index in [1.165, 1.54) is 0 Å².